The van der Waals surface area contributed by atoms with E-state index in [-0.39, 0.29) is 5.92 Å². The van der Waals surface area contributed by atoms with E-state index in [1.807, 2.05) is 6.07 Å². The molecule has 0 bridgehead atoms. The monoisotopic (exact) mass is 254 g/mol. The van der Waals surface area contributed by atoms with Gasteiger partial charge < -0.3 is 9.84 Å². The average molecular weight is 255 g/mol. The molecule has 1 heterocycles. The minimum Gasteiger partial charge on any atom is -0.481 e. The lowest BCUT2D eigenvalue weighted by Crippen LogP contribution is -2.27. The van der Waals surface area contributed by atoms with Crippen molar-refractivity contribution in [3.63, 3.8) is 0 Å². The Morgan fingerprint density at radius 3 is 2.71 bits per heavy atom. The largest absolute Gasteiger partial charge is 0.481 e. The highest BCUT2D eigenvalue weighted by Crippen LogP contribution is 2.33. The number of aliphatic carboxylic acids is 1. The third kappa shape index (κ3) is 2.99. The molecular weight excluding hydrogens is 240 g/mol. The van der Waals surface area contributed by atoms with Crippen LogP contribution in [0.1, 0.15) is 24.3 Å². The molecule has 0 radical (unpaired) electrons. The van der Waals surface area contributed by atoms with Crippen LogP contribution in [0.15, 0.2) is 24.3 Å². The molecule has 1 unspecified atom stereocenters. The molecule has 2 rings (SSSR count). The summed E-state index contributed by atoms with van der Waals surface area (Å²) in [6, 6.07) is 7.14. The molecule has 4 heteroatoms. The van der Waals surface area contributed by atoms with Crippen LogP contribution in [0.5, 0.6) is 0 Å². The van der Waals surface area contributed by atoms with E-state index in [1.54, 1.807) is 18.2 Å². The second-order valence-corrected chi connectivity index (χ2v) is 4.76. The van der Waals surface area contributed by atoms with Gasteiger partial charge in [-0.25, -0.2) is 0 Å². The van der Waals surface area contributed by atoms with Crippen LogP contribution in [-0.2, 0) is 9.53 Å². The maximum Gasteiger partial charge on any atom is 0.311 e. The van der Waals surface area contributed by atoms with E-state index in [0.29, 0.717) is 18.2 Å². The van der Waals surface area contributed by atoms with Gasteiger partial charge in [0, 0.05) is 18.2 Å². The first-order chi connectivity index (χ1) is 8.18. The third-order valence-corrected chi connectivity index (χ3v) is 3.45. The number of rotatable bonds is 3. The van der Waals surface area contributed by atoms with Crippen molar-refractivity contribution in [2.24, 2.45) is 5.92 Å². The van der Waals surface area contributed by atoms with Crippen LogP contribution < -0.4 is 0 Å². The fraction of sp³-hybridized carbons (Fsp3) is 0.462. The molecule has 1 aromatic carbocycles. The zero-order chi connectivity index (χ0) is 12.3. The molecule has 1 N–H and O–H groups in total. The summed E-state index contributed by atoms with van der Waals surface area (Å²) in [5.41, 5.74) is 0.789. The fourth-order valence-corrected chi connectivity index (χ4v) is 2.56. The molecule has 3 nitrogen and oxygen atoms in total. The van der Waals surface area contributed by atoms with Gasteiger partial charge in [-0.2, -0.15) is 0 Å². The van der Waals surface area contributed by atoms with Crippen molar-refractivity contribution in [3.8, 4) is 0 Å². The van der Waals surface area contributed by atoms with E-state index in [0.717, 1.165) is 18.4 Å². The summed E-state index contributed by atoms with van der Waals surface area (Å²) in [7, 11) is 0. The van der Waals surface area contributed by atoms with Gasteiger partial charge in [0.2, 0.25) is 0 Å². The molecule has 1 atom stereocenters. The lowest BCUT2D eigenvalue weighted by molar-refractivity contribution is -0.141. The van der Waals surface area contributed by atoms with Crippen LogP contribution in [0, 0.1) is 5.92 Å². The van der Waals surface area contributed by atoms with E-state index in [9.17, 15) is 9.90 Å². The lowest BCUT2D eigenvalue weighted by atomic mass is 9.81. The van der Waals surface area contributed by atoms with Crippen LogP contribution in [0.3, 0.4) is 0 Å². The number of halogens is 1. The van der Waals surface area contributed by atoms with Gasteiger partial charge in [0.25, 0.3) is 0 Å². The third-order valence-electron chi connectivity index (χ3n) is 3.21. The number of hydrogen-bond acceptors (Lipinski definition) is 2. The Morgan fingerprint density at radius 1 is 1.41 bits per heavy atom. The summed E-state index contributed by atoms with van der Waals surface area (Å²) in [5.74, 6) is -1.11. The first-order valence-corrected chi connectivity index (χ1v) is 6.12. The minimum absolute atomic E-state index is 0.139. The summed E-state index contributed by atoms with van der Waals surface area (Å²) < 4.78 is 5.27. The quantitative estimate of drug-likeness (QED) is 0.902. The van der Waals surface area contributed by atoms with Gasteiger partial charge in [-0.15, -0.1) is 0 Å². The van der Waals surface area contributed by atoms with Crippen molar-refractivity contribution < 1.29 is 14.6 Å². The Bertz CT molecular complexity index is 399. The van der Waals surface area contributed by atoms with Gasteiger partial charge in [0.05, 0.1) is 5.92 Å². The number of benzene rings is 1. The van der Waals surface area contributed by atoms with E-state index in [2.05, 4.69) is 0 Å². The first-order valence-electron chi connectivity index (χ1n) is 5.74. The molecule has 0 aliphatic carbocycles. The molecule has 0 saturated carbocycles. The second-order valence-electron chi connectivity index (χ2n) is 4.32. The van der Waals surface area contributed by atoms with Crippen LogP contribution >= 0.6 is 11.6 Å². The highest BCUT2D eigenvalue weighted by Gasteiger charge is 2.31. The van der Waals surface area contributed by atoms with Crippen molar-refractivity contribution in [2.75, 3.05) is 13.2 Å². The summed E-state index contributed by atoms with van der Waals surface area (Å²) in [5, 5.41) is 9.97. The molecule has 1 aliphatic rings. The Hall–Kier alpha value is -1.06. The summed E-state index contributed by atoms with van der Waals surface area (Å²) in [4.78, 5) is 11.4. The van der Waals surface area contributed by atoms with Crippen molar-refractivity contribution in [3.05, 3.63) is 34.9 Å². The maximum absolute atomic E-state index is 11.4. The first kappa shape index (κ1) is 12.4. The van der Waals surface area contributed by atoms with E-state index in [1.165, 1.54) is 0 Å². The van der Waals surface area contributed by atoms with Crippen LogP contribution in [-0.4, -0.2) is 24.3 Å². The molecule has 1 aliphatic heterocycles. The topological polar surface area (TPSA) is 46.5 Å². The maximum atomic E-state index is 11.4. The van der Waals surface area contributed by atoms with Crippen LogP contribution in [0.2, 0.25) is 5.02 Å². The number of carboxylic acids is 1. The summed E-state index contributed by atoms with van der Waals surface area (Å²) in [6.45, 7) is 1.30. The van der Waals surface area contributed by atoms with Crippen molar-refractivity contribution >= 4 is 17.6 Å². The Labute approximate surface area is 105 Å². The predicted molar refractivity (Wildman–Crippen MR) is 65.4 cm³/mol. The SMILES string of the molecule is O=C(O)C(c1cccc(Cl)c1)C1CCOCC1. The average Bonchev–Trinajstić information content (AvgIpc) is 2.30. The Kier molecular flexibility index (Phi) is 4.02. The van der Waals surface area contributed by atoms with Crippen molar-refractivity contribution in [2.45, 2.75) is 18.8 Å². The van der Waals surface area contributed by atoms with Crippen molar-refractivity contribution in [1.82, 2.24) is 0 Å². The van der Waals surface area contributed by atoms with Gasteiger partial charge in [0.1, 0.15) is 0 Å². The minimum atomic E-state index is -0.779. The fourth-order valence-electron chi connectivity index (χ4n) is 2.37. The zero-order valence-electron chi connectivity index (χ0n) is 9.43. The molecule has 0 amide bonds. The van der Waals surface area contributed by atoms with Gasteiger partial charge >= 0.3 is 5.97 Å². The summed E-state index contributed by atoms with van der Waals surface area (Å²) >= 11 is 5.91. The smallest absolute Gasteiger partial charge is 0.311 e. The zero-order valence-corrected chi connectivity index (χ0v) is 10.2. The number of hydrogen-bond donors (Lipinski definition) is 1. The molecule has 1 fully saturated rings. The highest BCUT2D eigenvalue weighted by molar-refractivity contribution is 6.30. The molecule has 0 spiro atoms. The van der Waals surface area contributed by atoms with Gasteiger partial charge in [-0.1, -0.05) is 23.7 Å². The lowest BCUT2D eigenvalue weighted by Gasteiger charge is -2.27. The predicted octanol–water partition coefficient (Wildman–Crippen LogP) is 2.93. The second kappa shape index (κ2) is 5.52. The van der Waals surface area contributed by atoms with Crippen LogP contribution in [0.25, 0.3) is 0 Å². The summed E-state index contributed by atoms with van der Waals surface area (Å²) in [6.07, 6.45) is 1.59. The number of carboxylic acid groups (broad SMARTS) is 1. The van der Waals surface area contributed by atoms with Gasteiger partial charge in [-0.3, -0.25) is 4.79 Å². The van der Waals surface area contributed by atoms with Gasteiger partial charge in [0.15, 0.2) is 0 Å². The molecule has 1 saturated heterocycles. The standard InChI is InChI=1S/C13H15ClO3/c14-11-3-1-2-10(8-11)12(13(15)16)9-4-6-17-7-5-9/h1-3,8-9,12H,4-7H2,(H,15,16). The Balaban J connectivity index is 2.25. The van der Waals surface area contributed by atoms with E-state index in [4.69, 9.17) is 16.3 Å². The van der Waals surface area contributed by atoms with Crippen molar-refractivity contribution in [1.29, 1.82) is 0 Å². The Morgan fingerprint density at radius 2 is 2.12 bits per heavy atom. The van der Waals surface area contributed by atoms with Crippen LogP contribution in [0.4, 0.5) is 0 Å². The molecule has 17 heavy (non-hydrogen) atoms. The molecule has 1 aromatic rings. The van der Waals surface area contributed by atoms with Gasteiger partial charge in [-0.05, 0) is 36.5 Å². The molecular formula is C13H15ClO3. The highest BCUT2D eigenvalue weighted by atomic mass is 35.5. The van der Waals surface area contributed by atoms with E-state index >= 15 is 0 Å². The molecule has 0 aromatic heterocycles. The van der Waals surface area contributed by atoms with E-state index < -0.39 is 11.9 Å². The normalized spacial score (nSPS) is 18.9. The molecule has 92 valence electrons. The number of carbonyl (C=O) groups is 1. The number of ether oxygens (including phenoxy) is 1.